The van der Waals surface area contributed by atoms with Crippen molar-refractivity contribution in [1.82, 2.24) is 4.90 Å². The predicted molar refractivity (Wildman–Crippen MR) is 81.1 cm³/mol. The van der Waals surface area contributed by atoms with Crippen LogP contribution in [0.4, 0.5) is 5.69 Å². The van der Waals surface area contributed by atoms with Gasteiger partial charge in [-0.1, -0.05) is 28.9 Å². The van der Waals surface area contributed by atoms with Gasteiger partial charge in [-0.15, -0.1) is 0 Å². The van der Waals surface area contributed by atoms with Crippen molar-refractivity contribution >= 4 is 27.5 Å². The Morgan fingerprint density at radius 3 is 2.79 bits per heavy atom. The first-order valence-electron chi connectivity index (χ1n) is 6.50. The number of amides is 1. The minimum atomic E-state index is -0.232. The highest BCUT2D eigenvalue weighted by Gasteiger charge is 2.32. The molecular formula is C14H20BrN3O. The van der Waals surface area contributed by atoms with E-state index in [0.717, 1.165) is 23.2 Å². The molecule has 1 amide bonds. The fourth-order valence-electron chi connectivity index (χ4n) is 2.60. The minimum absolute atomic E-state index is 0.0902. The van der Waals surface area contributed by atoms with Gasteiger partial charge >= 0.3 is 0 Å². The zero-order valence-electron chi connectivity index (χ0n) is 11.3. The summed E-state index contributed by atoms with van der Waals surface area (Å²) in [5, 5.41) is 0. The lowest BCUT2D eigenvalue weighted by Gasteiger charge is -2.27. The number of carbonyl (C=O) groups excluding carboxylic acids is 1. The summed E-state index contributed by atoms with van der Waals surface area (Å²) in [6.45, 7) is 4.13. The SMILES string of the molecule is CC1CN(c2cccc(Br)c2)C(=O)C(CN)N(C)C1. The third-order valence-corrected chi connectivity index (χ3v) is 4.01. The maximum absolute atomic E-state index is 12.6. The van der Waals surface area contributed by atoms with Gasteiger partial charge in [0.25, 0.3) is 0 Å². The lowest BCUT2D eigenvalue weighted by Crippen LogP contribution is -2.48. The first kappa shape index (κ1) is 14.5. The maximum atomic E-state index is 12.6. The van der Waals surface area contributed by atoms with Crippen LogP contribution >= 0.6 is 15.9 Å². The van der Waals surface area contributed by atoms with E-state index in [4.69, 9.17) is 5.73 Å². The number of anilines is 1. The Hall–Kier alpha value is -0.910. The van der Waals surface area contributed by atoms with Crippen LogP contribution in [0, 0.1) is 5.92 Å². The Kier molecular flexibility index (Phi) is 4.60. The molecule has 0 aromatic heterocycles. The second-order valence-electron chi connectivity index (χ2n) is 5.22. The standard InChI is InChI=1S/C14H20BrN3O/c1-10-8-17(2)13(7-16)14(19)18(9-10)12-5-3-4-11(15)6-12/h3-6,10,13H,7-9,16H2,1-2H3. The molecule has 1 heterocycles. The Bertz CT molecular complexity index is 466. The van der Waals surface area contributed by atoms with E-state index in [0.29, 0.717) is 12.5 Å². The van der Waals surface area contributed by atoms with Crippen molar-refractivity contribution in [2.75, 3.05) is 31.6 Å². The number of nitrogens with two attached hydrogens (primary N) is 1. The summed E-state index contributed by atoms with van der Waals surface area (Å²) in [4.78, 5) is 16.6. The monoisotopic (exact) mass is 325 g/mol. The van der Waals surface area contributed by atoms with Crippen molar-refractivity contribution < 1.29 is 4.79 Å². The second kappa shape index (κ2) is 6.03. The molecule has 2 rings (SSSR count). The number of nitrogens with zero attached hydrogens (tertiary/aromatic N) is 2. The van der Waals surface area contributed by atoms with Crippen molar-refractivity contribution in [3.63, 3.8) is 0 Å². The van der Waals surface area contributed by atoms with E-state index < -0.39 is 0 Å². The Labute approximate surface area is 122 Å². The molecule has 1 aromatic rings. The number of likely N-dealkylation sites (N-methyl/N-ethyl adjacent to an activating group) is 1. The third-order valence-electron chi connectivity index (χ3n) is 3.52. The van der Waals surface area contributed by atoms with Crippen molar-refractivity contribution in [3.05, 3.63) is 28.7 Å². The predicted octanol–water partition coefficient (Wildman–Crippen LogP) is 1.69. The Balaban J connectivity index is 2.34. The zero-order valence-corrected chi connectivity index (χ0v) is 12.9. The highest BCUT2D eigenvalue weighted by atomic mass is 79.9. The van der Waals surface area contributed by atoms with E-state index in [2.05, 4.69) is 27.8 Å². The molecule has 0 radical (unpaired) electrons. The lowest BCUT2D eigenvalue weighted by atomic mass is 10.1. The van der Waals surface area contributed by atoms with Crippen molar-refractivity contribution in [3.8, 4) is 0 Å². The Morgan fingerprint density at radius 2 is 2.16 bits per heavy atom. The van der Waals surface area contributed by atoms with Crippen LogP contribution < -0.4 is 10.6 Å². The van der Waals surface area contributed by atoms with E-state index in [1.807, 2.05) is 36.2 Å². The van der Waals surface area contributed by atoms with Crippen LogP contribution in [0.2, 0.25) is 0 Å². The number of benzene rings is 1. The highest BCUT2D eigenvalue weighted by molar-refractivity contribution is 9.10. The highest BCUT2D eigenvalue weighted by Crippen LogP contribution is 2.24. The summed E-state index contributed by atoms with van der Waals surface area (Å²) in [7, 11) is 1.97. The average molecular weight is 326 g/mol. The smallest absolute Gasteiger partial charge is 0.245 e. The van der Waals surface area contributed by atoms with Crippen LogP contribution in [0.5, 0.6) is 0 Å². The van der Waals surface area contributed by atoms with Gasteiger partial charge in [-0.05, 0) is 31.2 Å². The summed E-state index contributed by atoms with van der Waals surface area (Å²) in [5.41, 5.74) is 6.70. The number of hydrogen-bond acceptors (Lipinski definition) is 3. The van der Waals surface area contributed by atoms with Gasteiger partial charge in [0, 0.05) is 29.8 Å². The summed E-state index contributed by atoms with van der Waals surface area (Å²) in [6.07, 6.45) is 0. The molecule has 2 unspecified atom stereocenters. The Morgan fingerprint density at radius 1 is 1.42 bits per heavy atom. The van der Waals surface area contributed by atoms with E-state index in [-0.39, 0.29) is 11.9 Å². The molecular weight excluding hydrogens is 306 g/mol. The summed E-state index contributed by atoms with van der Waals surface area (Å²) < 4.78 is 0.979. The molecule has 19 heavy (non-hydrogen) atoms. The van der Waals surface area contributed by atoms with Crippen LogP contribution in [-0.2, 0) is 4.79 Å². The molecule has 1 fully saturated rings. The third kappa shape index (κ3) is 3.16. The molecule has 1 aromatic carbocycles. The molecule has 4 nitrogen and oxygen atoms in total. The van der Waals surface area contributed by atoms with Gasteiger partial charge in [0.2, 0.25) is 5.91 Å². The van der Waals surface area contributed by atoms with E-state index in [1.165, 1.54) is 0 Å². The first-order chi connectivity index (χ1) is 9.02. The summed E-state index contributed by atoms with van der Waals surface area (Å²) >= 11 is 3.45. The lowest BCUT2D eigenvalue weighted by molar-refractivity contribution is -0.122. The van der Waals surface area contributed by atoms with Crippen LogP contribution in [0.3, 0.4) is 0 Å². The number of carbonyl (C=O) groups is 1. The molecule has 104 valence electrons. The molecule has 1 aliphatic heterocycles. The topological polar surface area (TPSA) is 49.6 Å². The van der Waals surface area contributed by atoms with Gasteiger partial charge < -0.3 is 10.6 Å². The molecule has 1 saturated heterocycles. The van der Waals surface area contributed by atoms with Crippen LogP contribution in [0.15, 0.2) is 28.7 Å². The zero-order chi connectivity index (χ0) is 14.0. The van der Waals surface area contributed by atoms with E-state index in [1.54, 1.807) is 0 Å². The fraction of sp³-hybridized carbons (Fsp3) is 0.500. The molecule has 2 N–H and O–H groups in total. The quantitative estimate of drug-likeness (QED) is 0.900. The molecule has 0 bridgehead atoms. The molecule has 2 atom stereocenters. The fourth-order valence-corrected chi connectivity index (χ4v) is 2.99. The van der Waals surface area contributed by atoms with E-state index >= 15 is 0 Å². The van der Waals surface area contributed by atoms with Gasteiger partial charge in [-0.25, -0.2) is 0 Å². The first-order valence-corrected chi connectivity index (χ1v) is 7.29. The van der Waals surface area contributed by atoms with Crippen molar-refractivity contribution in [2.24, 2.45) is 11.7 Å². The molecule has 1 aliphatic rings. The molecule has 0 aliphatic carbocycles. The summed E-state index contributed by atoms with van der Waals surface area (Å²) in [6, 6.07) is 7.62. The summed E-state index contributed by atoms with van der Waals surface area (Å²) in [5.74, 6) is 0.511. The van der Waals surface area contributed by atoms with Gasteiger partial charge in [0.15, 0.2) is 0 Å². The second-order valence-corrected chi connectivity index (χ2v) is 6.14. The average Bonchev–Trinajstić information content (AvgIpc) is 2.46. The molecule has 0 saturated carbocycles. The van der Waals surface area contributed by atoms with Crippen LogP contribution in [-0.4, -0.2) is 43.5 Å². The van der Waals surface area contributed by atoms with E-state index in [9.17, 15) is 4.79 Å². The van der Waals surface area contributed by atoms with Gasteiger partial charge in [0.05, 0.1) is 0 Å². The molecule has 0 spiro atoms. The number of halogens is 1. The van der Waals surface area contributed by atoms with Gasteiger partial charge in [0.1, 0.15) is 6.04 Å². The number of hydrogen-bond donors (Lipinski definition) is 1. The largest absolute Gasteiger partial charge is 0.328 e. The van der Waals surface area contributed by atoms with Gasteiger partial charge in [-0.2, -0.15) is 0 Å². The maximum Gasteiger partial charge on any atom is 0.245 e. The van der Waals surface area contributed by atoms with Crippen LogP contribution in [0.25, 0.3) is 0 Å². The van der Waals surface area contributed by atoms with Gasteiger partial charge in [-0.3, -0.25) is 9.69 Å². The normalized spacial score (nSPS) is 25.5. The van der Waals surface area contributed by atoms with Crippen molar-refractivity contribution in [2.45, 2.75) is 13.0 Å². The van der Waals surface area contributed by atoms with Crippen molar-refractivity contribution in [1.29, 1.82) is 0 Å². The minimum Gasteiger partial charge on any atom is -0.328 e. The van der Waals surface area contributed by atoms with Crippen LogP contribution in [0.1, 0.15) is 6.92 Å². The number of rotatable bonds is 2. The molecule has 5 heteroatoms.